The van der Waals surface area contributed by atoms with Crippen molar-refractivity contribution in [3.8, 4) is 11.1 Å². The van der Waals surface area contributed by atoms with Crippen molar-refractivity contribution < 1.29 is 42.9 Å². The third-order valence-electron chi connectivity index (χ3n) is 13.4. The predicted molar refractivity (Wildman–Crippen MR) is 277 cm³/mol. The summed E-state index contributed by atoms with van der Waals surface area (Å²) < 4.78 is 23.2. The molecule has 0 saturated heterocycles. The predicted octanol–water partition coefficient (Wildman–Crippen LogP) is 8.35. The summed E-state index contributed by atoms with van der Waals surface area (Å²) in [6.45, 7) is 21.2. The van der Waals surface area contributed by atoms with E-state index in [0.29, 0.717) is 22.9 Å². The molecule has 0 spiro atoms. The summed E-state index contributed by atoms with van der Waals surface area (Å²) in [5.41, 5.74) is 4.80. The Kier molecular flexibility index (Phi) is 17.7. The zero-order valence-corrected chi connectivity index (χ0v) is 43.9. The van der Waals surface area contributed by atoms with E-state index in [4.69, 9.17) is 28.9 Å². The standard InChI is InChI=1S/C53H66N8O9S2/c1-11-22-67-52(65)39-26-72-51(56-39)40(27(4)5)57-45(62)37-24-68-48(54-37)42(29(8)12-2)59-46(63)38-25-71-50(55-38)41(28(6)7)58-47(64)44-31(10)70-49(60-44)43(30(9)13-3)61-53(66)69-23-36-34-20-16-14-18-32(34)33-19-15-17-21-35(33)36/h11,14-21,25-31,36-37,40-44H,1,12-13,22-24H2,2-10H3,(H,57,62)(H,58,64)(H,59,63)(H,61,66)/t29-,30-,31+,37-,40+,41+,42-,43-,44-/m0/s1. The molecular weight excluding hydrogens is 957 g/mol. The van der Waals surface area contributed by atoms with Crippen LogP contribution >= 0.6 is 22.7 Å². The molecule has 17 nitrogen and oxygen atoms in total. The minimum absolute atomic E-state index is 0.0219. The Bertz CT molecular complexity index is 2630. The number of amides is 4. The van der Waals surface area contributed by atoms with Crippen molar-refractivity contribution in [2.24, 2.45) is 33.7 Å². The summed E-state index contributed by atoms with van der Waals surface area (Å²) >= 11 is 2.50. The number of esters is 1. The van der Waals surface area contributed by atoms with E-state index in [9.17, 15) is 24.0 Å². The highest BCUT2D eigenvalue weighted by molar-refractivity contribution is 7.10. The average Bonchev–Trinajstić information content (AvgIpc) is 4.24. The lowest BCUT2D eigenvalue weighted by molar-refractivity contribution is -0.125. The molecule has 2 aromatic heterocycles. The highest BCUT2D eigenvalue weighted by Crippen LogP contribution is 2.44. The molecule has 2 aliphatic heterocycles. The maximum Gasteiger partial charge on any atom is 0.407 e. The van der Waals surface area contributed by atoms with Crippen molar-refractivity contribution in [2.75, 3.05) is 19.8 Å². The van der Waals surface area contributed by atoms with Gasteiger partial charge in [-0.3, -0.25) is 14.4 Å². The number of alkyl carbamates (subject to hydrolysis) is 1. The van der Waals surface area contributed by atoms with Crippen LogP contribution in [-0.4, -0.2) is 102 Å². The molecule has 7 rings (SSSR count). The molecule has 2 aromatic carbocycles. The molecule has 1 aliphatic carbocycles. The molecule has 4 aromatic rings. The van der Waals surface area contributed by atoms with Crippen LogP contribution < -0.4 is 21.3 Å². The van der Waals surface area contributed by atoms with Gasteiger partial charge in [-0.25, -0.2) is 29.5 Å². The van der Waals surface area contributed by atoms with Gasteiger partial charge in [0.15, 0.2) is 17.8 Å². The quantitative estimate of drug-likeness (QED) is 0.0433. The lowest BCUT2D eigenvalue weighted by Gasteiger charge is -2.24. The number of aromatic nitrogens is 2. The van der Waals surface area contributed by atoms with Gasteiger partial charge in [-0.05, 0) is 52.8 Å². The first kappa shape index (κ1) is 53.3. The third-order valence-corrected chi connectivity index (χ3v) is 15.3. The molecule has 72 heavy (non-hydrogen) atoms. The van der Waals surface area contributed by atoms with Crippen molar-refractivity contribution in [1.29, 1.82) is 0 Å². The van der Waals surface area contributed by atoms with Crippen molar-refractivity contribution in [3.63, 3.8) is 0 Å². The number of hydrogen-bond donors (Lipinski definition) is 4. The Morgan fingerprint density at radius 1 is 0.722 bits per heavy atom. The zero-order valence-electron chi connectivity index (χ0n) is 42.3. The van der Waals surface area contributed by atoms with Gasteiger partial charge in [0.1, 0.15) is 53.7 Å². The van der Waals surface area contributed by atoms with E-state index in [-0.39, 0.29) is 84.4 Å². The summed E-state index contributed by atoms with van der Waals surface area (Å²) in [5.74, 6) is -1.81. The summed E-state index contributed by atoms with van der Waals surface area (Å²) in [4.78, 5) is 86.0. The third kappa shape index (κ3) is 12.1. The largest absolute Gasteiger partial charge is 0.477 e. The van der Waals surface area contributed by atoms with Crippen LogP contribution in [-0.2, 0) is 28.5 Å². The number of rotatable bonds is 22. The number of benzene rings is 2. The molecule has 3 aliphatic rings. The summed E-state index contributed by atoms with van der Waals surface area (Å²) in [5, 5.41) is 16.5. The highest BCUT2D eigenvalue weighted by atomic mass is 32.1. The first-order valence-corrected chi connectivity index (χ1v) is 26.5. The minimum Gasteiger partial charge on any atom is -0.477 e. The van der Waals surface area contributed by atoms with Gasteiger partial charge in [0.25, 0.3) is 5.91 Å². The van der Waals surface area contributed by atoms with Crippen LogP contribution in [0.4, 0.5) is 4.79 Å². The van der Waals surface area contributed by atoms with Crippen LogP contribution in [0, 0.1) is 23.7 Å². The van der Waals surface area contributed by atoms with Crippen LogP contribution in [0.15, 0.2) is 81.9 Å². The molecule has 0 saturated carbocycles. The van der Waals surface area contributed by atoms with Gasteiger partial charge in [-0.2, -0.15) is 0 Å². The van der Waals surface area contributed by atoms with E-state index in [1.54, 1.807) is 17.7 Å². The molecule has 0 fully saturated rings. The van der Waals surface area contributed by atoms with E-state index in [2.05, 4.69) is 62.1 Å². The van der Waals surface area contributed by atoms with Crippen molar-refractivity contribution in [1.82, 2.24) is 31.2 Å². The Balaban J connectivity index is 0.974. The Morgan fingerprint density at radius 3 is 1.86 bits per heavy atom. The second-order valence-electron chi connectivity index (χ2n) is 19.2. The van der Waals surface area contributed by atoms with Crippen molar-refractivity contribution in [3.05, 3.63) is 104 Å². The Labute approximate surface area is 429 Å². The monoisotopic (exact) mass is 1020 g/mol. The van der Waals surface area contributed by atoms with Gasteiger partial charge in [0.2, 0.25) is 23.6 Å². The first-order chi connectivity index (χ1) is 34.5. The van der Waals surface area contributed by atoms with Crippen molar-refractivity contribution >= 4 is 64.3 Å². The van der Waals surface area contributed by atoms with E-state index < -0.39 is 60.3 Å². The number of thiazole rings is 2. The SMILES string of the molecule is C=CCOC(=O)c1csc([C@H](NC(=O)[C@@H]2COC([C@@H](NC(=O)c3csc([C@H](NC(=O)[C@H]4N=C([C@@H](NC(=O)OCC5c6ccccc6-c6ccccc65)[C@@H](C)CC)O[C@@H]4C)C(C)C)n3)[C@@H](C)CC)=N2)C(C)C)n1. The van der Waals surface area contributed by atoms with Gasteiger partial charge in [-0.1, -0.05) is 129 Å². The van der Waals surface area contributed by atoms with E-state index in [1.165, 1.54) is 28.7 Å². The molecule has 4 N–H and O–H groups in total. The number of ether oxygens (including phenoxy) is 4. The molecule has 4 heterocycles. The number of nitrogens with one attached hydrogen (secondary N) is 4. The topological polar surface area (TPSA) is 221 Å². The molecule has 19 heteroatoms. The minimum atomic E-state index is -0.913. The molecule has 4 amide bonds. The number of aliphatic imine (C=N–C) groups is 2. The second kappa shape index (κ2) is 23.8. The highest BCUT2D eigenvalue weighted by Gasteiger charge is 2.41. The lowest BCUT2D eigenvalue weighted by atomic mass is 9.98. The fourth-order valence-corrected chi connectivity index (χ4v) is 10.8. The van der Waals surface area contributed by atoms with Crippen LogP contribution in [0.3, 0.4) is 0 Å². The van der Waals surface area contributed by atoms with Gasteiger partial charge in [-0.15, -0.1) is 22.7 Å². The number of carbonyl (C=O) groups is 5. The number of hydrogen-bond acceptors (Lipinski definition) is 15. The van der Waals surface area contributed by atoms with Gasteiger partial charge in [0.05, 0.1) is 12.1 Å². The summed E-state index contributed by atoms with van der Waals surface area (Å²) in [6.07, 6.45) is 1.60. The zero-order chi connectivity index (χ0) is 51.8. The van der Waals surface area contributed by atoms with Gasteiger partial charge in [0, 0.05) is 16.7 Å². The maximum atomic E-state index is 14.1. The lowest BCUT2D eigenvalue weighted by Crippen LogP contribution is -2.46. The van der Waals surface area contributed by atoms with Crippen LogP contribution in [0.5, 0.6) is 0 Å². The van der Waals surface area contributed by atoms with E-state index in [1.807, 2.05) is 79.7 Å². The van der Waals surface area contributed by atoms with Gasteiger partial charge >= 0.3 is 12.1 Å². The smallest absolute Gasteiger partial charge is 0.407 e. The Hall–Kier alpha value is -6.47. The average molecular weight is 1020 g/mol. The number of nitrogens with zero attached hydrogens (tertiary/aromatic N) is 4. The molecule has 0 radical (unpaired) electrons. The fraction of sp³-hybridized carbons (Fsp3) is 0.491. The number of fused-ring (bicyclic) bond motifs is 3. The molecule has 0 unspecified atom stereocenters. The first-order valence-electron chi connectivity index (χ1n) is 24.7. The molecular formula is C53H66N8O9S2. The molecule has 384 valence electrons. The normalized spacial score (nSPS) is 19.5. The maximum absolute atomic E-state index is 14.1. The van der Waals surface area contributed by atoms with E-state index in [0.717, 1.165) is 22.3 Å². The summed E-state index contributed by atoms with van der Waals surface area (Å²) in [6, 6.07) is 12.1. The molecule has 0 bridgehead atoms. The van der Waals surface area contributed by atoms with Crippen molar-refractivity contribution in [2.45, 2.75) is 123 Å². The Morgan fingerprint density at radius 2 is 1.28 bits per heavy atom. The van der Waals surface area contributed by atoms with Crippen LogP contribution in [0.2, 0.25) is 0 Å². The van der Waals surface area contributed by atoms with E-state index >= 15 is 0 Å². The summed E-state index contributed by atoms with van der Waals surface area (Å²) in [7, 11) is 0. The van der Waals surface area contributed by atoms with Gasteiger partial charge < -0.3 is 40.2 Å². The van der Waals surface area contributed by atoms with Crippen LogP contribution in [0.25, 0.3) is 11.1 Å². The second-order valence-corrected chi connectivity index (χ2v) is 21.0. The van der Waals surface area contributed by atoms with Crippen LogP contribution in [0.1, 0.15) is 135 Å². The fourth-order valence-electron chi connectivity index (χ4n) is 8.78. The molecule has 9 atom stereocenters. The number of carbonyl (C=O) groups excluding carboxylic acids is 5.